The van der Waals surface area contributed by atoms with Crippen molar-refractivity contribution in [3.63, 3.8) is 0 Å². The van der Waals surface area contributed by atoms with E-state index < -0.39 is 4.92 Å². The second-order valence-corrected chi connectivity index (χ2v) is 7.79. The zero-order valence-electron chi connectivity index (χ0n) is 18.4. The first kappa shape index (κ1) is 22.0. The van der Waals surface area contributed by atoms with Gasteiger partial charge in [0, 0.05) is 29.1 Å². The molecule has 3 aromatic rings. The summed E-state index contributed by atoms with van der Waals surface area (Å²) in [5.41, 5.74) is 10.2. The number of nitrogens with zero attached hydrogens (tertiary/aromatic N) is 3. The molecule has 1 heterocycles. The Balaban J connectivity index is 1.78. The number of rotatable bonds is 6. The number of benzene rings is 2. The van der Waals surface area contributed by atoms with Gasteiger partial charge >= 0.3 is 0 Å². The quantitative estimate of drug-likeness (QED) is 0.360. The Kier molecular flexibility index (Phi) is 6.34. The maximum atomic E-state index is 12.3. The zero-order chi connectivity index (χ0) is 22.7. The molecule has 2 aromatic carbocycles. The third kappa shape index (κ3) is 4.88. The highest BCUT2D eigenvalue weighted by Crippen LogP contribution is 2.26. The summed E-state index contributed by atoms with van der Waals surface area (Å²) in [6.45, 7) is 9.78. The van der Waals surface area contributed by atoms with Crippen molar-refractivity contribution >= 4 is 17.8 Å². The number of nitro groups is 1. The second kappa shape index (κ2) is 8.95. The maximum Gasteiger partial charge on any atom is 0.271 e. The van der Waals surface area contributed by atoms with Crippen molar-refractivity contribution in [1.82, 2.24) is 9.99 Å². The smallest absolute Gasteiger partial charge is 0.271 e. The Labute approximate surface area is 181 Å². The molecule has 0 aliphatic heterocycles. The molecular weight excluding hydrogens is 392 g/mol. The summed E-state index contributed by atoms with van der Waals surface area (Å²) in [7, 11) is 0. The summed E-state index contributed by atoms with van der Waals surface area (Å²) < 4.78 is 1.96. The molecule has 0 unspecified atom stereocenters. The first-order valence-electron chi connectivity index (χ1n) is 9.99. The highest BCUT2D eigenvalue weighted by atomic mass is 16.6. The summed E-state index contributed by atoms with van der Waals surface area (Å²) in [6.07, 6.45) is 1.86. The van der Waals surface area contributed by atoms with Crippen LogP contribution in [0.4, 0.5) is 5.69 Å². The van der Waals surface area contributed by atoms with Crippen LogP contribution in [0.5, 0.6) is 0 Å². The van der Waals surface area contributed by atoms with Gasteiger partial charge < -0.3 is 4.57 Å². The van der Waals surface area contributed by atoms with Gasteiger partial charge in [-0.1, -0.05) is 29.8 Å². The van der Waals surface area contributed by atoms with Crippen LogP contribution in [0.3, 0.4) is 0 Å². The van der Waals surface area contributed by atoms with E-state index in [2.05, 4.69) is 16.6 Å². The van der Waals surface area contributed by atoms with Gasteiger partial charge in [-0.25, -0.2) is 5.43 Å². The molecule has 3 rings (SSSR count). The molecule has 0 atom stereocenters. The minimum absolute atomic E-state index is 0.0435. The van der Waals surface area contributed by atoms with Gasteiger partial charge in [-0.15, -0.1) is 0 Å². The predicted molar refractivity (Wildman–Crippen MR) is 122 cm³/mol. The van der Waals surface area contributed by atoms with Gasteiger partial charge in [0.1, 0.15) is 0 Å². The molecule has 7 nitrogen and oxygen atoms in total. The number of amides is 1. The standard InChI is InChI=1S/C24H26N4O3/c1-15-6-8-20(17(3)10-15)12-24(29)26-25-14-21-11-18(4)27(19(21)5)23-13-22(28(30)31)9-7-16(23)2/h6-11,13-14H,12H2,1-5H3,(H,26,29)/b25-14+. The van der Waals surface area contributed by atoms with Crippen molar-refractivity contribution in [1.29, 1.82) is 0 Å². The van der Waals surface area contributed by atoms with Crippen molar-refractivity contribution in [3.8, 4) is 5.69 Å². The van der Waals surface area contributed by atoms with E-state index in [1.807, 2.05) is 57.4 Å². The van der Waals surface area contributed by atoms with Crippen LogP contribution < -0.4 is 5.43 Å². The molecule has 0 bridgehead atoms. The van der Waals surface area contributed by atoms with E-state index >= 15 is 0 Å². The molecule has 0 fully saturated rings. The number of nitrogens with one attached hydrogen (secondary N) is 1. The summed E-state index contributed by atoms with van der Waals surface area (Å²) in [6, 6.07) is 12.8. The monoisotopic (exact) mass is 418 g/mol. The summed E-state index contributed by atoms with van der Waals surface area (Å²) in [5.74, 6) is -0.188. The molecule has 160 valence electrons. The van der Waals surface area contributed by atoms with Crippen LogP contribution in [0.2, 0.25) is 0 Å². The average molecular weight is 418 g/mol. The number of hydrogen-bond acceptors (Lipinski definition) is 4. The molecule has 0 aliphatic rings. The van der Waals surface area contributed by atoms with Gasteiger partial charge in [-0.05, 0) is 57.4 Å². The molecule has 0 radical (unpaired) electrons. The molecule has 0 aliphatic carbocycles. The number of hydrazone groups is 1. The number of aryl methyl sites for hydroxylation is 4. The average Bonchev–Trinajstić information content (AvgIpc) is 2.98. The molecule has 0 saturated heterocycles. The Morgan fingerprint density at radius 3 is 2.48 bits per heavy atom. The highest BCUT2D eigenvalue weighted by molar-refractivity contribution is 5.85. The van der Waals surface area contributed by atoms with Gasteiger partial charge in [0.05, 0.1) is 23.2 Å². The molecule has 1 N–H and O–H groups in total. The van der Waals surface area contributed by atoms with E-state index in [0.29, 0.717) is 0 Å². The van der Waals surface area contributed by atoms with Crippen LogP contribution in [0.15, 0.2) is 47.6 Å². The van der Waals surface area contributed by atoms with E-state index in [1.54, 1.807) is 18.3 Å². The lowest BCUT2D eigenvalue weighted by Crippen LogP contribution is -2.20. The van der Waals surface area contributed by atoms with Gasteiger partial charge in [0.15, 0.2) is 0 Å². The number of hydrogen-bond donors (Lipinski definition) is 1. The summed E-state index contributed by atoms with van der Waals surface area (Å²) >= 11 is 0. The van der Waals surface area contributed by atoms with Crippen molar-refractivity contribution in [2.45, 2.75) is 41.0 Å². The molecule has 0 saturated carbocycles. The number of carbonyl (C=O) groups is 1. The SMILES string of the molecule is Cc1ccc(CC(=O)N/N=C/c2cc(C)n(-c3cc([N+](=O)[O-])ccc3C)c2C)c(C)c1. The van der Waals surface area contributed by atoms with Crippen LogP contribution in [0.1, 0.15) is 39.2 Å². The molecule has 0 spiro atoms. The third-order valence-electron chi connectivity index (χ3n) is 5.36. The molecule has 1 amide bonds. The van der Waals surface area contributed by atoms with Gasteiger partial charge in [-0.3, -0.25) is 14.9 Å². The fourth-order valence-corrected chi connectivity index (χ4v) is 3.67. The van der Waals surface area contributed by atoms with E-state index in [0.717, 1.165) is 44.9 Å². The lowest BCUT2D eigenvalue weighted by molar-refractivity contribution is -0.384. The van der Waals surface area contributed by atoms with Gasteiger partial charge in [-0.2, -0.15) is 5.10 Å². The lowest BCUT2D eigenvalue weighted by atomic mass is 10.0. The lowest BCUT2D eigenvalue weighted by Gasteiger charge is -2.12. The van der Waals surface area contributed by atoms with Crippen molar-refractivity contribution in [2.75, 3.05) is 0 Å². The molecule has 31 heavy (non-hydrogen) atoms. The number of non-ortho nitro benzene ring substituents is 1. The Hall–Kier alpha value is -3.74. The van der Waals surface area contributed by atoms with Gasteiger partial charge in [0.25, 0.3) is 5.69 Å². The zero-order valence-corrected chi connectivity index (χ0v) is 18.4. The Bertz CT molecular complexity index is 1190. The topological polar surface area (TPSA) is 89.5 Å². The predicted octanol–water partition coefficient (Wildman–Crippen LogP) is 4.62. The highest BCUT2D eigenvalue weighted by Gasteiger charge is 2.15. The number of nitro benzene ring substituents is 1. The summed E-state index contributed by atoms with van der Waals surface area (Å²) in [4.78, 5) is 23.1. The fraction of sp³-hybridized carbons (Fsp3) is 0.250. The normalized spacial score (nSPS) is 11.1. The van der Waals surface area contributed by atoms with Crippen LogP contribution >= 0.6 is 0 Å². The van der Waals surface area contributed by atoms with E-state index in [4.69, 9.17) is 0 Å². The van der Waals surface area contributed by atoms with Crippen LogP contribution in [0.25, 0.3) is 5.69 Å². The first-order chi connectivity index (χ1) is 14.7. The fourth-order valence-electron chi connectivity index (χ4n) is 3.67. The minimum Gasteiger partial charge on any atom is -0.317 e. The number of carbonyl (C=O) groups excluding carboxylic acids is 1. The maximum absolute atomic E-state index is 12.3. The Morgan fingerprint density at radius 1 is 1.06 bits per heavy atom. The third-order valence-corrected chi connectivity index (χ3v) is 5.36. The molecule has 7 heteroatoms. The second-order valence-electron chi connectivity index (χ2n) is 7.79. The Morgan fingerprint density at radius 2 is 1.81 bits per heavy atom. The van der Waals surface area contributed by atoms with E-state index in [-0.39, 0.29) is 18.0 Å². The van der Waals surface area contributed by atoms with Crippen LogP contribution in [-0.2, 0) is 11.2 Å². The molecule has 1 aromatic heterocycles. The van der Waals surface area contributed by atoms with Crippen LogP contribution in [0, 0.1) is 44.7 Å². The minimum atomic E-state index is -0.398. The van der Waals surface area contributed by atoms with Crippen molar-refractivity contribution in [2.24, 2.45) is 5.10 Å². The van der Waals surface area contributed by atoms with Crippen molar-refractivity contribution in [3.05, 3.63) is 91.8 Å². The van der Waals surface area contributed by atoms with Crippen molar-refractivity contribution < 1.29 is 9.72 Å². The van der Waals surface area contributed by atoms with Crippen LogP contribution in [-0.4, -0.2) is 21.6 Å². The summed E-state index contributed by atoms with van der Waals surface area (Å²) in [5, 5.41) is 15.3. The van der Waals surface area contributed by atoms with E-state index in [9.17, 15) is 14.9 Å². The number of aromatic nitrogens is 1. The largest absolute Gasteiger partial charge is 0.317 e. The van der Waals surface area contributed by atoms with Gasteiger partial charge in [0.2, 0.25) is 5.91 Å². The first-order valence-corrected chi connectivity index (χ1v) is 9.99. The molecular formula is C24H26N4O3. The van der Waals surface area contributed by atoms with E-state index in [1.165, 1.54) is 6.07 Å².